The van der Waals surface area contributed by atoms with Gasteiger partial charge in [0.2, 0.25) is 0 Å². The molecule has 8 bridgehead atoms. The van der Waals surface area contributed by atoms with Crippen molar-refractivity contribution in [2.75, 3.05) is 0 Å². The van der Waals surface area contributed by atoms with Crippen molar-refractivity contribution in [1.82, 2.24) is 19.9 Å². The van der Waals surface area contributed by atoms with Crippen molar-refractivity contribution in [2.24, 2.45) is 0 Å². The van der Waals surface area contributed by atoms with E-state index in [9.17, 15) is 0 Å². The molecule has 0 saturated carbocycles. The summed E-state index contributed by atoms with van der Waals surface area (Å²) in [5.74, 6) is 0. The Morgan fingerprint density at radius 1 is 0.350 bits per heavy atom. The molecule has 2 N–H and O–H groups in total. The second-order valence-corrected chi connectivity index (χ2v) is 16.7. The van der Waals surface area contributed by atoms with Crippen molar-refractivity contribution in [3.63, 3.8) is 0 Å². The smallest absolute Gasteiger partial charge is 0.0771 e. The number of hydrogen-bond donors (Lipinski definition) is 2. The summed E-state index contributed by atoms with van der Waals surface area (Å²) in [5, 5.41) is 0. The molecule has 0 amide bonds. The van der Waals surface area contributed by atoms with Gasteiger partial charge in [0.1, 0.15) is 0 Å². The Morgan fingerprint density at radius 2 is 0.700 bits per heavy atom. The Kier molecular flexibility index (Phi) is 13.8. The van der Waals surface area contributed by atoms with Gasteiger partial charge < -0.3 is 9.97 Å². The molecule has 0 aliphatic carbocycles. The van der Waals surface area contributed by atoms with E-state index >= 15 is 0 Å². The maximum Gasteiger partial charge on any atom is 0.0771 e. The highest BCUT2D eigenvalue weighted by molar-refractivity contribution is 6.05. The van der Waals surface area contributed by atoms with Crippen LogP contribution in [0.4, 0.5) is 0 Å². The number of H-pyrrole nitrogens is 2. The standard InChI is InChI=1S/C56H70N4/c1-11-21-33-45-49-37(13-3)38(14-4)50(57-49)46(34-22-12-2)52-40(16-6)42(18-8)54(59-52)48(36-31-27-24-28-32-36)56-44(20-10)43(19-9)55(60-56)47(35-29-25-23-26-30-35)53-41(17-7)39(15-5)51(45)58-53/h23-32,58,60H,11-22,33-34H2,1-10H3. The lowest BCUT2D eigenvalue weighted by Crippen LogP contribution is -2.00. The highest BCUT2D eigenvalue weighted by Crippen LogP contribution is 2.47. The van der Waals surface area contributed by atoms with Crippen molar-refractivity contribution < 1.29 is 0 Å². The molecule has 0 saturated heterocycles. The lowest BCUT2D eigenvalue weighted by Gasteiger charge is -2.12. The Hall–Kier alpha value is -4.96. The van der Waals surface area contributed by atoms with Gasteiger partial charge in [-0.2, -0.15) is 0 Å². The molecular formula is C56H70N4. The van der Waals surface area contributed by atoms with Crippen LogP contribution in [0.25, 0.3) is 66.6 Å². The van der Waals surface area contributed by atoms with Crippen molar-refractivity contribution in [3.05, 3.63) is 117 Å². The fourth-order valence-electron chi connectivity index (χ4n) is 10.6. The average Bonchev–Trinajstić information content (AvgIpc) is 4.05. The van der Waals surface area contributed by atoms with E-state index in [0.717, 1.165) is 95.6 Å². The zero-order chi connectivity index (χ0) is 42.5. The molecule has 3 aromatic heterocycles. The molecule has 60 heavy (non-hydrogen) atoms. The minimum atomic E-state index is 0.917. The predicted molar refractivity (Wildman–Crippen MR) is 261 cm³/mol. The summed E-state index contributed by atoms with van der Waals surface area (Å²) in [6.07, 6.45) is 13.9. The van der Waals surface area contributed by atoms with Gasteiger partial charge in [0.15, 0.2) is 0 Å². The van der Waals surface area contributed by atoms with Gasteiger partial charge in [0.05, 0.1) is 39.3 Å². The zero-order valence-corrected chi connectivity index (χ0v) is 38.6. The van der Waals surface area contributed by atoms with Gasteiger partial charge in [-0.3, -0.25) is 0 Å². The first-order chi connectivity index (χ1) is 29.4. The fraction of sp³-hybridized carbons (Fsp3) is 0.429. The number of aromatic nitrogens is 4. The quantitative estimate of drug-likeness (QED) is 0.104. The number of nitrogens with one attached hydrogen (secondary N) is 2. The SMILES string of the molecule is CCCCc1c2nc(c(CCCC)c3[nH]c(c(CC)c3CC)c(-c3ccccc3)c3[nH]c(c(CC)c3CC)c(-c3ccccc3)c3nc1C(CC)=C3CC)C(CC)=C2CC. The van der Waals surface area contributed by atoms with Gasteiger partial charge in [0, 0.05) is 27.8 Å². The number of nitrogens with zero attached hydrogens (tertiary/aromatic N) is 2. The maximum absolute atomic E-state index is 5.96. The van der Waals surface area contributed by atoms with Crippen LogP contribution in [0.5, 0.6) is 0 Å². The van der Waals surface area contributed by atoms with Crippen LogP contribution < -0.4 is 0 Å². The van der Waals surface area contributed by atoms with E-state index in [4.69, 9.17) is 9.97 Å². The number of aromatic amines is 2. The lowest BCUT2D eigenvalue weighted by atomic mass is 9.90. The fourth-order valence-corrected chi connectivity index (χ4v) is 10.6. The number of rotatable bonds is 16. The second-order valence-electron chi connectivity index (χ2n) is 16.7. The highest BCUT2D eigenvalue weighted by Gasteiger charge is 2.31. The number of fused-ring (bicyclic) bond motifs is 8. The number of unbranched alkanes of at least 4 members (excludes halogenated alkanes) is 2. The topological polar surface area (TPSA) is 57.4 Å². The molecule has 2 aromatic carbocycles. The van der Waals surface area contributed by atoms with Crippen molar-refractivity contribution in [1.29, 1.82) is 0 Å². The van der Waals surface area contributed by atoms with Gasteiger partial charge in [-0.15, -0.1) is 0 Å². The van der Waals surface area contributed by atoms with Gasteiger partial charge in [-0.1, -0.05) is 143 Å². The van der Waals surface area contributed by atoms with Crippen molar-refractivity contribution in [3.8, 4) is 22.3 Å². The second kappa shape index (κ2) is 19.2. The predicted octanol–water partition coefficient (Wildman–Crippen LogP) is 16.0. The molecule has 2 aliphatic heterocycles. The first kappa shape index (κ1) is 43.1. The third-order valence-electron chi connectivity index (χ3n) is 13.4. The molecule has 0 radical (unpaired) electrons. The van der Waals surface area contributed by atoms with E-state index in [1.807, 2.05) is 0 Å². The third kappa shape index (κ3) is 7.43. The highest BCUT2D eigenvalue weighted by atomic mass is 14.8. The summed E-state index contributed by atoms with van der Waals surface area (Å²) in [6.45, 7) is 23.4. The number of benzene rings is 2. The van der Waals surface area contributed by atoms with Crippen LogP contribution in [0.15, 0.2) is 60.7 Å². The molecule has 4 heteroatoms. The summed E-state index contributed by atoms with van der Waals surface area (Å²) >= 11 is 0. The van der Waals surface area contributed by atoms with E-state index in [1.165, 1.54) is 117 Å². The van der Waals surface area contributed by atoms with Gasteiger partial charge in [-0.25, -0.2) is 9.97 Å². The molecule has 5 aromatic rings. The van der Waals surface area contributed by atoms with Crippen LogP contribution in [-0.2, 0) is 38.5 Å². The first-order valence-electron chi connectivity index (χ1n) is 23.8. The zero-order valence-electron chi connectivity index (χ0n) is 38.6. The molecule has 7 rings (SSSR count). The summed E-state index contributed by atoms with van der Waals surface area (Å²) in [7, 11) is 0. The molecule has 5 heterocycles. The van der Waals surface area contributed by atoms with Crippen LogP contribution in [0, 0.1) is 0 Å². The lowest BCUT2D eigenvalue weighted by molar-refractivity contribution is 0.784. The molecule has 0 atom stereocenters. The van der Waals surface area contributed by atoms with Crippen molar-refractivity contribution in [2.45, 2.75) is 159 Å². The number of hydrogen-bond acceptors (Lipinski definition) is 2. The molecule has 314 valence electrons. The van der Waals surface area contributed by atoms with E-state index in [-0.39, 0.29) is 0 Å². The number of aryl methyl sites for hydroxylation is 5. The minimum absolute atomic E-state index is 0.917. The van der Waals surface area contributed by atoms with Crippen LogP contribution in [0.3, 0.4) is 0 Å². The van der Waals surface area contributed by atoms with Gasteiger partial charge in [-0.05, 0) is 133 Å². The third-order valence-corrected chi connectivity index (χ3v) is 13.4. The summed E-state index contributed by atoms with van der Waals surface area (Å²) in [6, 6.07) is 22.3. The number of allylic oxidation sites excluding steroid dienone is 4. The molecular weight excluding hydrogens is 729 g/mol. The monoisotopic (exact) mass is 799 g/mol. The Bertz CT molecular complexity index is 2580. The van der Waals surface area contributed by atoms with Crippen LogP contribution in [0.1, 0.15) is 177 Å². The Balaban J connectivity index is 1.92. The normalized spacial score (nSPS) is 13.0. The summed E-state index contributed by atoms with van der Waals surface area (Å²) in [4.78, 5) is 20.5. The van der Waals surface area contributed by atoms with Crippen LogP contribution >= 0.6 is 0 Å². The van der Waals surface area contributed by atoms with E-state index in [1.54, 1.807) is 0 Å². The summed E-state index contributed by atoms with van der Waals surface area (Å²) in [5.41, 5.74) is 28.6. The Labute approximate surface area is 361 Å². The van der Waals surface area contributed by atoms with E-state index in [0.29, 0.717) is 0 Å². The van der Waals surface area contributed by atoms with Crippen LogP contribution in [0.2, 0.25) is 0 Å². The minimum Gasteiger partial charge on any atom is -0.354 e. The van der Waals surface area contributed by atoms with Gasteiger partial charge in [0.25, 0.3) is 0 Å². The molecule has 4 nitrogen and oxygen atoms in total. The van der Waals surface area contributed by atoms with Crippen molar-refractivity contribution >= 4 is 44.4 Å². The van der Waals surface area contributed by atoms with Gasteiger partial charge >= 0.3 is 0 Å². The largest absolute Gasteiger partial charge is 0.354 e. The average molecular weight is 799 g/mol. The molecule has 2 aliphatic rings. The molecule has 0 unspecified atom stereocenters. The molecule has 0 spiro atoms. The van der Waals surface area contributed by atoms with E-state index < -0.39 is 0 Å². The van der Waals surface area contributed by atoms with Crippen LogP contribution in [-0.4, -0.2) is 19.9 Å². The molecule has 0 fully saturated rings. The Morgan fingerprint density at radius 3 is 1.13 bits per heavy atom. The maximum atomic E-state index is 5.96. The summed E-state index contributed by atoms with van der Waals surface area (Å²) < 4.78 is 0. The van der Waals surface area contributed by atoms with E-state index in [2.05, 4.69) is 140 Å². The first-order valence-corrected chi connectivity index (χ1v) is 23.8.